The largest absolute Gasteiger partial charge is 0.493 e. The van der Waals surface area contributed by atoms with Gasteiger partial charge < -0.3 is 14.8 Å². The average molecular weight is 455 g/mol. The summed E-state index contributed by atoms with van der Waals surface area (Å²) in [5.41, 5.74) is 2.47. The van der Waals surface area contributed by atoms with Crippen LogP contribution < -0.4 is 19.5 Å². The van der Waals surface area contributed by atoms with Crippen LogP contribution in [0.25, 0.3) is 0 Å². The number of carbonyl (C=O) groups is 1. The van der Waals surface area contributed by atoms with E-state index in [-0.39, 0.29) is 17.1 Å². The second-order valence-electron chi connectivity index (χ2n) is 7.24. The van der Waals surface area contributed by atoms with Gasteiger partial charge in [-0.25, -0.2) is 8.42 Å². The summed E-state index contributed by atoms with van der Waals surface area (Å²) in [7, 11) is -1.13. The van der Waals surface area contributed by atoms with Crippen LogP contribution in [0.1, 0.15) is 11.1 Å². The third kappa shape index (κ3) is 5.87. The summed E-state index contributed by atoms with van der Waals surface area (Å²) >= 11 is 0. The Hall–Kier alpha value is -3.36. The summed E-state index contributed by atoms with van der Waals surface area (Å²) in [5.74, 6) is 0.227. The number of carbonyl (C=O) groups excluding carboxylic acids is 1. The average Bonchev–Trinajstić information content (AvgIpc) is 2.80. The molecule has 1 atom stereocenters. The van der Waals surface area contributed by atoms with Crippen LogP contribution in [0.3, 0.4) is 0 Å². The number of sulfonamides is 1. The fraction of sp³-hybridized carbons (Fsp3) is 0.208. The van der Waals surface area contributed by atoms with Crippen molar-refractivity contribution in [3.63, 3.8) is 0 Å². The molecule has 32 heavy (non-hydrogen) atoms. The van der Waals surface area contributed by atoms with Crippen LogP contribution in [0.5, 0.6) is 11.5 Å². The minimum absolute atomic E-state index is 0.0312. The van der Waals surface area contributed by atoms with Crippen molar-refractivity contribution in [2.24, 2.45) is 0 Å². The van der Waals surface area contributed by atoms with Crippen molar-refractivity contribution < 1.29 is 22.7 Å². The minimum Gasteiger partial charge on any atom is -0.493 e. The van der Waals surface area contributed by atoms with E-state index in [2.05, 4.69) is 10.0 Å². The summed E-state index contributed by atoms with van der Waals surface area (Å²) in [6.45, 7) is 1.95. The first-order chi connectivity index (χ1) is 15.3. The number of amides is 1. The molecule has 0 aliphatic rings. The highest BCUT2D eigenvalue weighted by Crippen LogP contribution is 2.29. The fourth-order valence-corrected chi connectivity index (χ4v) is 4.35. The van der Waals surface area contributed by atoms with Crippen molar-refractivity contribution in [2.45, 2.75) is 24.3 Å². The zero-order chi connectivity index (χ0) is 23.1. The topological polar surface area (TPSA) is 93.7 Å². The van der Waals surface area contributed by atoms with Crippen LogP contribution in [-0.2, 0) is 21.2 Å². The zero-order valence-corrected chi connectivity index (χ0v) is 19.0. The Morgan fingerprint density at radius 3 is 2.19 bits per heavy atom. The Bertz CT molecular complexity index is 1160. The first kappa shape index (κ1) is 23.3. The Balaban J connectivity index is 1.88. The summed E-state index contributed by atoms with van der Waals surface area (Å²) in [4.78, 5) is 13.0. The molecule has 1 amide bonds. The standard InChI is InChI=1S/C24H26N2O5S/c1-17-9-11-19(12-10-17)25-24(27)21(15-18-7-5-4-6-8-18)26-32(28,29)20-13-14-22(30-2)23(16-20)31-3/h4-14,16,21,26H,15H2,1-3H3,(H,25,27)/t21-/m1/s1. The molecule has 7 nitrogen and oxygen atoms in total. The molecule has 3 rings (SSSR count). The Morgan fingerprint density at radius 1 is 0.906 bits per heavy atom. The van der Waals surface area contributed by atoms with Crippen molar-refractivity contribution in [1.82, 2.24) is 4.72 Å². The van der Waals surface area contributed by atoms with Gasteiger partial charge in [-0.15, -0.1) is 0 Å². The van der Waals surface area contributed by atoms with E-state index in [4.69, 9.17) is 9.47 Å². The molecular formula is C24H26N2O5S. The van der Waals surface area contributed by atoms with Gasteiger partial charge in [-0.2, -0.15) is 4.72 Å². The number of ether oxygens (including phenoxy) is 2. The quantitative estimate of drug-likeness (QED) is 0.516. The van der Waals surface area contributed by atoms with Crippen LogP contribution in [0.2, 0.25) is 0 Å². The molecule has 8 heteroatoms. The van der Waals surface area contributed by atoms with Gasteiger partial charge >= 0.3 is 0 Å². The first-order valence-corrected chi connectivity index (χ1v) is 11.5. The lowest BCUT2D eigenvalue weighted by atomic mass is 10.1. The first-order valence-electron chi connectivity index (χ1n) is 9.98. The summed E-state index contributed by atoms with van der Waals surface area (Å²) < 4.78 is 39.2. The van der Waals surface area contributed by atoms with E-state index < -0.39 is 22.0 Å². The van der Waals surface area contributed by atoms with Gasteiger partial charge in [-0.05, 0) is 43.2 Å². The van der Waals surface area contributed by atoms with Crippen molar-refractivity contribution in [3.05, 3.63) is 83.9 Å². The third-order valence-electron chi connectivity index (χ3n) is 4.88. The molecule has 0 saturated heterocycles. The Kier molecular flexibility index (Phi) is 7.50. The lowest BCUT2D eigenvalue weighted by molar-refractivity contribution is -0.117. The zero-order valence-electron chi connectivity index (χ0n) is 18.2. The van der Waals surface area contributed by atoms with E-state index in [1.807, 2.05) is 49.4 Å². The number of rotatable bonds is 9. The van der Waals surface area contributed by atoms with Crippen molar-refractivity contribution in [3.8, 4) is 11.5 Å². The molecule has 2 N–H and O–H groups in total. The predicted octanol–water partition coefficient (Wildman–Crippen LogP) is 3.54. The van der Waals surface area contributed by atoms with E-state index in [1.54, 1.807) is 12.1 Å². The molecule has 0 saturated carbocycles. The van der Waals surface area contributed by atoms with E-state index in [0.717, 1.165) is 11.1 Å². The van der Waals surface area contributed by atoms with Crippen molar-refractivity contribution in [2.75, 3.05) is 19.5 Å². The molecule has 0 bridgehead atoms. The van der Waals surface area contributed by atoms with Crippen LogP contribution >= 0.6 is 0 Å². The van der Waals surface area contributed by atoms with Gasteiger partial charge in [0.05, 0.1) is 19.1 Å². The normalized spacial score (nSPS) is 12.1. The number of methoxy groups -OCH3 is 2. The summed E-state index contributed by atoms with van der Waals surface area (Å²) in [6, 6.07) is 19.8. The van der Waals surface area contributed by atoms with E-state index in [1.165, 1.54) is 32.4 Å². The van der Waals surface area contributed by atoms with E-state index >= 15 is 0 Å². The second-order valence-corrected chi connectivity index (χ2v) is 8.95. The van der Waals surface area contributed by atoms with Crippen molar-refractivity contribution in [1.29, 1.82) is 0 Å². The fourth-order valence-electron chi connectivity index (χ4n) is 3.14. The van der Waals surface area contributed by atoms with Gasteiger partial charge in [-0.3, -0.25) is 4.79 Å². The summed E-state index contributed by atoms with van der Waals surface area (Å²) in [6.07, 6.45) is 0.186. The van der Waals surface area contributed by atoms with Gasteiger partial charge in [-0.1, -0.05) is 48.0 Å². The summed E-state index contributed by atoms with van der Waals surface area (Å²) in [5, 5.41) is 2.79. The second kappa shape index (κ2) is 10.3. The van der Waals surface area contributed by atoms with Crippen LogP contribution in [-0.4, -0.2) is 34.6 Å². The molecule has 0 radical (unpaired) electrons. The minimum atomic E-state index is -4.03. The molecular weight excluding hydrogens is 428 g/mol. The molecule has 0 heterocycles. The number of aryl methyl sites for hydroxylation is 1. The van der Waals surface area contributed by atoms with Gasteiger partial charge in [0, 0.05) is 11.8 Å². The van der Waals surface area contributed by atoms with Gasteiger partial charge in [0.1, 0.15) is 6.04 Å². The molecule has 3 aromatic carbocycles. The van der Waals surface area contributed by atoms with E-state index in [9.17, 15) is 13.2 Å². The number of anilines is 1. The molecule has 0 aliphatic heterocycles. The van der Waals surface area contributed by atoms with Gasteiger partial charge in [0.25, 0.3) is 0 Å². The lowest BCUT2D eigenvalue weighted by Crippen LogP contribution is -2.45. The number of nitrogens with one attached hydrogen (secondary N) is 2. The molecule has 0 aliphatic carbocycles. The molecule has 0 fully saturated rings. The Labute approximate surface area is 188 Å². The molecule has 0 unspecified atom stereocenters. The third-order valence-corrected chi connectivity index (χ3v) is 6.35. The molecule has 0 aromatic heterocycles. The van der Waals surface area contributed by atoms with Gasteiger partial charge in [0.15, 0.2) is 11.5 Å². The maximum absolute atomic E-state index is 13.1. The number of benzene rings is 3. The number of hydrogen-bond donors (Lipinski definition) is 2. The van der Waals surface area contributed by atoms with Crippen LogP contribution in [0.15, 0.2) is 77.7 Å². The highest BCUT2D eigenvalue weighted by atomic mass is 32.2. The number of hydrogen-bond acceptors (Lipinski definition) is 5. The highest BCUT2D eigenvalue weighted by Gasteiger charge is 2.27. The van der Waals surface area contributed by atoms with Crippen LogP contribution in [0.4, 0.5) is 5.69 Å². The monoisotopic (exact) mass is 454 g/mol. The Morgan fingerprint density at radius 2 is 1.56 bits per heavy atom. The lowest BCUT2D eigenvalue weighted by Gasteiger charge is -2.19. The predicted molar refractivity (Wildman–Crippen MR) is 124 cm³/mol. The maximum Gasteiger partial charge on any atom is 0.242 e. The molecule has 0 spiro atoms. The van der Waals surface area contributed by atoms with Gasteiger partial charge in [0.2, 0.25) is 15.9 Å². The highest BCUT2D eigenvalue weighted by molar-refractivity contribution is 7.89. The van der Waals surface area contributed by atoms with E-state index in [0.29, 0.717) is 11.4 Å². The van der Waals surface area contributed by atoms with Crippen molar-refractivity contribution >= 4 is 21.6 Å². The molecule has 3 aromatic rings. The smallest absolute Gasteiger partial charge is 0.242 e. The van der Waals surface area contributed by atoms with Crippen LogP contribution in [0, 0.1) is 6.92 Å². The SMILES string of the molecule is COc1ccc(S(=O)(=O)N[C@H](Cc2ccccc2)C(=O)Nc2ccc(C)cc2)cc1OC. The maximum atomic E-state index is 13.1. The molecule has 168 valence electrons.